The van der Waals surface area contributed by atoms with Crippen LogP contribution in [0.1, 0.15) is 20.3 Å². The van der Waals surface area contributed by atoms with Gasteiger partial charge in [-0.1, -0.05) is 13.8 Å². The van der Waals surface area contributed by atoms with Crippen LogP contribution in [-0.4, -0.2) is 46.7 Å². The Hall–Kier alpha value is -0.0300. The third-order valence-corrected chi connectivity index (χ3v) is 2.64. The van der Waals surface area contributed by atoms with Crippen molar-refractivity contribution >= 4 is 51.9 Å². The normalized spacial score (nSPS) is 11.9. The van der Waals surface area contributed by atoms with E-state index >= 15 is 0 Å². The van der Waals surface area contributed by atoms with Crippen LogP contribution >= 0.6 is 11.3 Å². The first-order valence-corrected chi connectivity index (χ1v) is 5.50. The first-order valence-electron chi connectivity index (χ1n) is 4.62. The Balaban J connectivity index is 0.00000196. The van der Waals surface area contributed by atoms with Crippen molar-refractivity contribution in [3.05, 3.63) is 17.5 Å². The second-order valence-electron chi connectivity index (χ2n) is 3.64. The summed E-state index contributed by atoms with van der Waals surface area (Å²) in [7, 11) is 0. The third kappa shape index (κ3) is 5.56. The van der Waals surface area contributed by atoms with Gasteiger partial charge in [-0.15, -0.1) is 11.3 Å². The van der Waals surface area contributed by atoms with Gasteiger partial charge in [-0.3, -0.25) is 0 Å². The van der Waals surface area contributed by atoms with Crippen LogP contribution in [0.2, 0.25) is 0 Å². The van der Waals surface area contributed by atoms with Crippen LogP contribution in [0.4, 0.5) is 5.00 Å². The van der Waals surface area contributed by atoms with E-state index < -0.39 is 12.0 Å². The molecule has 2 N–H and O–H groups in total. The summed E-state index contributed by atoms with van der Waals surface area (Å²) >= 11 is 1.52. The molecule has 0 aromatic carbocycles. The minimum absolute atomic E-state index is 0. The summed E-state index contributed by atoms with van der Waals surface area (Å²) in [6.45, 7) is 4.04. The summed E-state index contributed by atoms with van der Waals surface area (Å²) in [6, 6.07) is 3.32. The summed E-state index contributed by atoms with van der Waals surface area (Å²) in [5, 5.41) is 14.8. The number of carboxylic acids is 1. The van der Waals surface area contributed by atoms with Crippen molar-refractivity contribution in [2.24, 2.45) is 5.92 Å². The van der Waals surface area contributed by atoms with Gasteiger partial charge in [-0.2, -0.15) is 0 Å². The summed E-state index contributed by atoms with van der Waals surface area (Å²) in [5.41, 5.74) is 0. The summed E-state index contributed by atoms with van der Waals surface area (Å²) in [6.07, 6.45) is 0.646. The SMILES string of the molecule is CC(C)CC(Nc1cccs1)C(=O)O.[NaH]. The Bertz CT molecular complexity index is 288. The van der Waals surface area contributed by atoms with Gasteiger partial charge >= 0.3 is 35.5 Å². The van der Waals surface area contributed by atoms with E-state index in [1.807, 2.05) is 31.4 Å². The molecule has 5 heteroatoms. The maximum absolute atomic E-state index is 10.9. The van der Waals surface area contributed by atoms with Gasteiger partial charge < -0.3 is 10.4 Å². The fourth-order valence-electron chi connectivity index (χ4n) is 1.23. The molecule has 80 valence electrons. The van der Waals surface area contributed by atoms with Crippen LogP contribution in [0.3, 0.4) is 0 Å². The molecular formula is C10H16NNaO2S. The Kier molecular flexibility index (Phi) is 7.26. The average molecular weight is 237 g/mol. The maximum atomic E-state index is 10.9. The van der Waals surface area contributed by atoms with Crippen LogP contribution in [-0.2, 0) is 4.79 Å². The zero-order valence-corrected chi connectivity index (χ0v) is 9.17. The van der Waals surface area contributed by atoms with E-state index in [4.69, 9.17) is 5.11 Å². The number of nitrogens with one attached hydrogen (secondary N) is 1. The molecule has 0 fully saturated rings. The second kappa shape index (κ2) is 7.28. The van der Waals surface area contributed by atoms with E-state index in [1.54, 1.807) is 0 Å². The zero-order valence-electron chi connectivity index (χ0n) is 8.36. The Morgan fingerprint density at radius 3 is 2.67 bits per heavy atom. The van der Waals surface area contributed by atoms with Crippen LogP contribution < -0.4 is 5.32 Å². The van der Waals surface area contributed by atoms with Crippen LogP contribution in [0.5, 0.6) is 0 Å². The third-order valence-electron chi connectivity index (χ3n) is 1.84. The van der Waals surface area contributed by atoms with E-state index in [2.05, 4.69) is 5.32 Å². The number of carbonyl (C=O) groups is 1. The molecule has 0 bridgehead atoms. The van der Waals surface area contributed by atoms with Gasteiger partial charge in [0.05, 0.1) is 5.00 Å². The molecule has 1 rings (SSSR count). The standard InChI is InChI=1S/C10H15NO2S.Na.H/c1-7(2)6-8(10(12)13)11-9-4-3-5-14-9;;/h3-5,7-8,11H,6H2,1-2H3,(H,12,13);;. The van der Waals surface area contributed by atoms with Crippen LogP contribution in [0.25, 0.3) is 0 Å². The molecule has 1 aromatic rings. The Morgan fingerprint density at radius 1 is 1.60 bits per heavy atom. The van der Waals surface area contributed by atoms with E-state index in [-0.39, 0.29) is 29.6 Å². The van der Waals surface area contributed by atoms with E-state index in [0.29, 0.717) is 12.3 Å². The molecule has 15 heavy (non-hydrogen) atoms. The molecule has 0 spiro atoms. The summed E-state index contributed by atoms with van der Waals surface area (Å²) in [4.78, 5) is 10.9. The van der Waals surface area contributed by atoms with Crippen molar-refractivity contribution in [3.63, 3.8) is 0 Å². The van der Waals surface area contributed by atoms with Crippen molar-refractivity contribution in [3.8, 4) is 0 Å². The number of carboxylic acid groups (broad SMARTS) is 1. The summed E-state index contributed by atoms with van der Waals surface area (Å²) < 4.78 is 0. The summed E-state index contributed by atoms with van der Waals surface area (Å²) in [5.74, 6) is -0.407. The van der Waals surface area contributed by atoms with Crippen molar-refractivity contribution in [2.75, 3.05) is 5.32 Å². The van der Waals surface area contributed by atoms with Gasteiger partial charge in [0.15, 0.2) is 0 Å². The van der Waals surface area contributed by atoms with E-state index in [0.717, 1.165) is 5.00 Å². The van der Waals surface area contributed by atoms with Crippen LogP contribution in [0.15, 0.2) is 17.5 Å². The van der Waals surface area contributed by atoms with Crippen molar-refractivity contribution in [1.29, 1.82) is 0 Å². The Labute approximate surface area is 116 Å². The quantitative estimate of drug-likeness (QED) is 0.770. The minimum atomic E-state index is -0.785. The molecular weight excluding hydrogens is 221 g/mol. The molecule has 0 saturated heterocycles. The van der Waals surface area contributed by atoms with Gasteiger partial charge in [0, 0.05) is 0 Å². The molecule has 1 atom stereocenters. The van der Waals surface area contributed by atoms with Gasteiger partial charge in [0.1, 0.15) is 6.04 Å². The van der Waals surface area contributed by atoms with Crippen molar-refractivity contribution < 1.29 is 9.90 Å². The average Bonchev–Trinajstić information content (AvgIpc) is 2.54. The van der Waals surface area contributed by atoms with E-state index in [1.165, 1.54) is 11.3 Å². The van der Waals surface area contributed by atoms with Crippen molar-refractivity contribution in [1.82, 2.24) is 0 Å². The fraction of sp³-hybridized carbons (Fsp3) is 0.500. The molecule has 0 aliphatic carbocycles. The molecule has 1 unspecified atom stereocenters. The first kappa shape index (κ1) is 15.0. The number of thiophene rings is 1. The molecule has 1 heterocycles. The monoisotopic (exact) mass is 237 g/mol. The topological polar surface area (TPSA) is 49.3 Å². The predicted molar refractivity (Wildman–Crippen MR) is 66.0 cm³/mol. The predicted octanol–water partition coefficient (Wildman–Crippen LogP) is 2.01. The second-order valence-corrected chi connectivity index (χ2v) is 4.59. The number of hydrogen-bond acceptors (Lipinski definition) is 3. The fourth-order valence-corrected chi connectivity index (χ4v) is 1.90. The molecule has 3 nitrogen and oxygen atoms in total. The number of hydrogen-bond donors (Lipinski definition) is 2. The molecule has 1 aromatic heterocycles. The number of anilines is 1. The van der Waals surface area contributed by atoms with Crippen molar-refractivity contribution in [2.45, 2.75) is 26.3 Å². The van der Waals surface area contributed by atoms with Gasteiger partial charge in [0.25, 0.3) is 0 Å². The molecule has 0 radical (unpaired) electrons. The molecule has 0 aliphatic heterocycles. The van der Waals surface area contributed by atoms with Gasteiger partial charge in [0.2, 0.25) is 0 Å². The number of aliphatic carboxylic acids is 1. The molecule has 0 aliphatic rings. The van der Waals surface area contributed by atoms with E-state index in [9.17, 15) is 4.79 Å². The Morgan fingerprint density at radius 2 is 2.27 bits per heavy atom. The van der Waals surface area contributed by atoms with Gasteiger partial charge in [-0.25, -0.2) is 4.79 Å². The molecule has 0 saturated carbocycles. The number of rotatable bonds is 5. The van der Waals surface area contributed by atoms with Crippen LogP contribution in [0, 0.1) is 5.92 Å². The first-order chi connectivity index (χ1) is 6.59. The van der Waals surface area contributed by atoms with Gasteiger partial charge in [-0.05, 0) is 29.9 Å². The molecule has 0 amide bonds. The zero-order chi connectivity index (χ0) is 10.6.